The molecule has 0 heterocycles. The van der Waals surface area contributed by atoms with Crippen LogP contribution < -0.4 is 0 Å². The van der Waals surface area contributed by atoms with E-state index in [0.29, 0.717) is 0 Å². The van der Waals surface area contributed by atoms with Gasteiger partial charge in [0, 0.05) is 0 Å². The van der Waals surface area contributed by atoms with Crippen molar-refractivity contribution in [3.05, 3.63) is 0 Å². The molecule has 0 aliphatic rings. The molecule has 0 rings (SSSR count). The Balaban J connectivity index is 5.08. The summed E-state index contributed by atoms with van der Waals surface area (Å²) in [5.74, 6) is 0. The van der Waals surface area contributed by atoms with Crippen LogP contribution in [0.4, 0.5) is 0 Å². The molecular weight excluding hydrogens is 281 g/mol. The van der Waals surface area contributed by atoms with Gasteiger partial charge in [0.2, 0.25) is 3.79 Å². The molecule has 0 aliphatic carbocycles. The zero-order valence-corrected chi connectivity index (χ0v) is 9.16. The lowest BCUT2D eigenvalue weighted by molar-refractivity contribution is 0.474. The molecule has 0 aromatic carbocycles. The summed E-state index contributed by atoms with van der Waals surface area (Å²) in [4.78, 5) is 0. The summed E-state index contributed by atoms with van der Waals surface area (Å²) >= 11 is 25.2. The molecule has 0 amide bonds. The van der Waals surface area contributed by atoms with Crippen LogP contribution in [0.25, 0.3) is 0 Å². The van der Waals surface area contributed by atoms with Crippen molar-refractivity contribution < 1.29 is 13.0 Å². The molecule has 0 saturated carbocycles. The highest BCUT2D eigenvalue weighted by molar-refractivity contribution is 7.90. The zero-order chi connectivity index (χ0) is 9.50. The van der Waals surface area contributed by atoms with Crippen molar-refractivity contribution in [1.82, 2.24) is 0 Å². The molecule has 68 valence electrons. The van der Waals surface area contributed by atoms with Gasteiger partial charge in [-0.3, -0.25) is 4.55 Å². The van der Waals surface area contributed by atoms with Crippen LogP contribution in [0.15, 0.2) is 0 Å². The third-order valence-electron chi connectivity index (χ3n) is 0.654. The molecule has 9 heteroatoms. The van der Waals surface area contributed by atoms with Gasteiger partial charge in [-0.25, -0.2) is 0 Å². The fourth-order valence-electron chi connectivity index (χ4n) is 0.146. The molecule has 0 spiro atoms. The van der Waals surface area contributed by atoms with E-state index < -0.39 is 17.6 Å². The first kappa shape index (κ1) is 12.4. The highest BCUT2D eigenvalue weighted by Gasteiger charge is 2.56. The Kier molecular flexibility index (Phi) is 3.66. The molecule has 0 fully saturated rings. The Hall–Kier alpha value is 1.36. The van der Waals surface area contributed by atoms with Crippen molar-refractivity contribution in [2.75, 3.05) is 0 Å². The Morgan fingerprint density at radius 2 is 1.27 bits per heavy atom. The third-order valence-corrected chi connectivity index (χ3v) is 5.11. The van der Waals surface area contributed by atoms with E-state index in [1.165, 1.54) is 0 Å². The minimum atomic E-state index is -4.83. The minimum absolute atomic E-state index is 2.51. The minimum Gasteiger partial charge on any atom is -0.283 e. The monoisotopic (exact) mass is 280 g/mol. The Bertz CT molecular complexity index is 237. The van der Waals surface area contributed by atoms with Crippen LogP contribution in [0, 0.1) is 0 Å². The number of hydrogen-bond donors (Lipinski definition) is 1. The standard InChI is InChI=1S/C2HCl5O3S/c3-1(4,5)2(6,7)11(8,9)10/h(H,8,9,10). The van der Waals surface area contributed by atoms with Crippen LogP contribution >= 0.6 is 58.0 Å². The van der Waals surface area contributed by atoms with Crippen molar-refractivity contribution in [2.45, 2.75) is 7.46 Å². The fourth-order valence-corrected chi connectivity index (χ4v) is 1.32. The first-order valence-electron chi connectivity index (χ1n) is 1.91. The molecule has 11 heavy (non-hydrogen) atoms. The number of rotatable bonds is 1. The predicted octanol–water partition coefficient (Wildman–Crippen LogP) is 2.38. The molecule has 0 unspecified atom stereocenters. The molecule has 0 radical (unpaired) electrons. The summed E-state index contributed by atoms with van der Waals surface area (Å²) in [5, 5.41) is 0. The summed E-state index contributed by atoms with van der Waals surface area (Å²) in [6.07, 6.45) is 0. The summed E-state index contributed by atoms with van der Waals surface area (Å²) in [7, 11) is -4.83. The second kappa shape index (κ2) is 3.25. The summed E-state index contributed by atoms with van der Waals surface area (Å²) in [6.45, 7) is 0. The van der Waals surface area contributed by atoms with Gasteiger partial charge in [-0.1, -0.05) is 58.0 Å². The summed E-state index contributed by atoms with van der Waals surface area (Å²) in [6, 6.07) is 0. The van der Waals surface area contributed by atoms with Gasteiger partial charge >= 0.3 is 10.1 Å². The molecule has 0 saturated heterocycles. The van der Waals surface area contributed by atoms with E-state index in [0.717, 1.165) is 0 Å². The lowest BCUT2D eigenvalue weighted by Crippen LogP contribution is -2.39. The molecule has 3 nitrogen and oxygen atoms in total. The molecule has 0 atom stereocenters. The molecule has 1 N–H and O–H groups in total. The smallest absolute Gasteiger partial charge is 0.283 e. The largest absolute Gasteiger partial charge is 0.303 e. The molecule has 0 bridgehead atoms. The van der Waals surface area contributed by atoms with Gasteiger partial charge in [-0.2, -0.15) is 8.42 Å². The first-order chi connectivity index (χ1) is 4.50. The summed E-state index contributed by atoms with van der Waals surface area (Å²) in [5.41, 5.74) is 0. The SMILES string of the molecule is O=S(=O)(O)C(Cl)(Cl)C(Cl)(Cl)Cl. The predicted molar refractivity (Wildman–Crippen MR) is 46.3 cm³/mol. The topological polar surface area (TPSA) is 54.4 Å². The lowest BCUT2D eigenvalue weighted by atomic mass is 10.9. The maximum absolute atomic E-state index is 10.3. The summed E-state index contributed by atoms with van der Waals surface area (Å²) < 4.78 is 23.6. The number of alkyl halides is 5. The Labute approximate surface area is 88.2 Å². The van der Waals surface area contributed by atoms with E-state index in [1.54, 1.807) is 0 Å². The van der Waals surface area contributed by atoms with Crippen molar-refractivity contribution in [1.29, 1.82) is 0 Å². The highest BCUT2D eigenvalue weighted by atomic mass is 35.6. The van der Waals surface area contributed by atoms with E-state index >= 15 is 0 Å². The van der Waals surface area contributed by atoms with Crippen LogP contribution in [0.2, 0.25) is 0 Å². The van der Waals surface area contributed by atoms with E-state index in [4.69, 9.17) is 62.6 Å². The van der Waals surface area contributed by atoms with Crippen molar-refractivity contribution in [3.63, 3.8) is 0 Å². The Morgan fingerprint density at radius 3 is 1.27 bits per heavy atom. The average Bonchev–Trinajstić information content (AvgIpc) is 1.58. The zero-order valence-electron chi connectivity index (χ0n) is 4.56. The quantitative estimate of drug-likeness (QED) is 0.593. The number of halogens is 5. The van der Waals surface area contributed by atoms with Crippen LogP contribution in [0.3, 0.4) is 0 Å². The van der Waals surface area contributed by atoms with Crippen LogP contribution in [-0.4, -0.2) is 20.4 Å². The molecular formula is C2HCl5O3S. The van der Waals surface area contributed by atoms with Crippen LogP contribution in [-0.2, 0) is 10.1 Å². The second-order valence-corrected chi connectivity index (χ2v) is 7.11. The van der Waals surface area contributed by atoms with E-state index in [1.807, 2.05) is 0 Å². The van der Waals surface area contributed by atoms with Crippen LogP contribution in [0.5, 0.6) is 0 Å². The van der Waals surface area contributed by atoms with E-state index in [9.17, 15) is 8.42 Å². The number of hydrogen-bond acceptors (Lipinski definition) is 2. The highest BCUT2D eigenvalue weighted by Crippen LogP contribution is 2.48. The van der Waals surface area contributed by atoms with Gasteiger partial charge in [0.05, 0.1) is 0 Å². The third kappa shape index (κ3) is 2.66. The first-order valence-corrected chi connectivity index (χ1v) is 5.24. The Morgan fingerprint density at radius 1 is 1.00 bits per heavy atom. The van der Waals surface area contributed by atoms with Gasteiger partial charge in [0.1, 0.15) is 0 Å². The molecule has 0 aromatic heterocycles. The van der Waals surface area contributed by atoms with Crippen LogP contribution in [0.1, 0.15) is 0 Å². The second-order valence-electron chi connectivity index (χ2n) is 1.49. The van der Waals surface area contributed by atoms with Gasteiger partial charge < -0.3 is 0 Å². The van der Waals surface area contributed by atoms with Gasteiger partial charge in [0.25, 0.3) is 3.67 Å². The molecule has 0 aliphatic heterocycles. The van der Waals surface area contributed by atoms with Gasteiger partial charge in [-0.15, -0.1) is 0 Å². The maximum atomic E-state index is 10.3. The van der Waals surface area contributed by atoms with Crippen molar-refractivity contribution >= 4 is 68.1 Å². The van der Waals surface area contributed by atoms with E-state index in [-0.39, 0.29) is 0 Å². The fraction of sp³-hybridized carbons (Fsp3) is 1.00. The van der Waals surface area contributed by atoms with E-state index in [2.05, 4.69) is 0 Å². The van der Waals surface area contributed by atoms with Gasteiger partial charge in [-0.05, 0) is 0 Å². The van der Waals surface area contributed by atoms with Crippen molar-refractivity contribution in [2.24, 2.45) is 0 Å². The van der Waals surface area contributed by atoms with Gasteiger partial charge in [0.15, 0.2) is 0 Å². The molecule has 0 aromatic rings. The normalized spacial score (nSPS) is 15.1. The maximum Gasteiger partial charge on any atom is 0.303 e. The lowest BCUT2D eigenvalue weighted by Gasteiger charge is -2.23. The average molecular weight is 282 g/mol. The van der Waals surface area contributed by atoms with Crippen molar-refractivity contribution in [3.8, 4) is 0 Å².